The van der Waals surface area contributed by atoms with Gasteiger partial charge in [0, 0.05) is 25.2 Å². The zero-order chi connectivity index (χ0) is 20.0. The number of anilines is 3. The van der Waals surface area contributed by atoms with Crippen LogP contribution in [0.25, 0.3) is 0 Å². The molecule has 1 heterocycles. The lowest BCUT2D eigenvalue weighted by atomic mass is 10.2. The molecular formula is C17H22F3N5O2. The number of alkyl halides is 3. The van der Waals surface area contributed by atoms with Crippen LogP contribution in [-0.2, 0) is 6.18 Å². The molecule has 1 aromatic carbocycles. The van der Waals surface area contributed by atoms with Crippen LogP contribution in [0, 0.1) is 0 Å². The van der Waals surface area contributed by atoms with E-state index in [1.165, 1.54) is 14.2 Å². The number of methoxy groups -OCH3 is 2. The molecular weight excluding hydrogens is 363 g/mol. The van der Waals surface area contributed by atoms with Gasteiger partial charge in [0.15, 0.2) is 5.69 Å². The topological polar surface area (TPSA) is 71.5 Å². The maximum atomic E-state index is 13.2. The number of nitrogens with zero attached hydrogens (tertiary/aromatic N) is 3. The second kappa shape index (κ2) is 8.76. The molecule has 0 radical (unpaired) electrons. The van der Waals surface area contributed by atoms with Crippen molar-refractivity contribution < 1.29 is 22.6 Å². The van der Waals surface area contributed by atoms with Gasteiger partial charge in [0.1, 0.15) is 17.3 Å². The summed E-state index contributed by atoms with van der Waals surface area (Å²) in [5, 5.41) is 5.65. The lowest BCUT2D eigenvalue weighted by Crippen LogP contribution is -2.22. The van der Waals surface area contributed by atoms with E-state index >= 15 is 0 Å². The standard InChI is InChI=1S/C17H22F3N5O2/c1-25(2)8-7-21-16-23-14(17(18,19)20)10-15(24-16)22-12-6-5-11(26-3)9-13(12)27-4/h5-6,9-10H,7-8H2,1-4H3,(H2,21,22,23,24). The maximum Gasteiger partial charge on any atom is 0.433 e. The summed E-state index contributed by atoms with van der Waals surface area (Å²) in [5.74, 6) is 0.848. The Hall–Kier alpha value is -2.75. The van der Waals surface area contributed by atoms with Crippen LogP contribution >= 0.6 is 0 Å². The Kier molecular flexibility index (Phi) is 6.67. The number of hydrogen-bond acceptors (Lipinski definition) is 7. The number of rotatable bonds is 8. The van der Waals surface area contributed by atoms with Gasteiger partial charge in [0.05, 0.1) is 19.9 Å². The van der Waals surface area contributed by atoms with Crippen LogP contribution < -0.4 is 20.1 Å². The van der Waals surface area contributed by atoms with Crippen molar-refractivity contribution in [3.63, 3.8) is 0 Å². The molecule has 2 N–H and O–H groups in total. The molecule has 0 atom stereocenters. The van der Waals surface area contributed by atoms with Crippen LogP contribution in [0.3, 0.4) is 0 Å². The minimum atomic E-state index is -4.60. The molecule has 0 aliphatic carbocycles. The fraction of sp³-hybridized carbons (Fsp3) is 0.412. The first-order chi connectivity index (χ1) is 12.7. The summed E-state index contributed by atoms with van der Waals surface area (Å²) in [5.41, 5.74) is -0.593. The van der Waals surface area contributed by atoms with E-state index in [1.54, 1.807) is 18.2 Å². The quantitative estimate of drug-likeness (QED) is 0.723. The smallest absolute Gasteiger partial charge is 0.433 e. The van der Waals surface area contributed by atoms with Gasteiger partial charge in [0.25, 0.3) is 0 Å². The van der Waals surface area contributed by atoms with Gasteiger partial charge in [0.2, 0.25) is 5.95 Å². The van der Waals surface area contributed by atoms with Gasteiger partial charge in [-0.05, 0) is 26.2 Å². The summed E-state index contributed by atoms with van der Waals surface area (Å²) in [7, 11) is 6.68. The number of aromatic nitrogens is 2. The number of likely N-dealkylation sites (N-methyl/N-ethyl adjacent to an activating group) is 1. The molecule has 148 valence electrons. The van der Waals surface area contributed by atoms with Crippen LogP contribution in [0.1, 0.15) is 5.69 Å². The molecule has 0 amide bonds. The van der Waals surface area contributed by atoms with E-state index in [-0.39, 0.29) is 11.8 Å². The van der Waals surface area contributed by atoms with E-state index < -0.39 is 11.9 Å². The molecule has 10 heteroatoms. The van der Waals surface area contributed by atoms with Gasteiger partial charge in [-0.2, -0.15) is 18.2 Å². The van der Waals surface area contributed by atoms with E-state index in [0.29, 0.717) is 30.3 Å². The largest absolute Gasteiger partial charge is 0.497 e. The Labute approximate surface area is 155 Å². The predicted octanol–water partition coefficient (Wildman–Crippen LogP) is 3.23. The monoisotopic (exact) mass is 385 g/mol. The molecule has 0 unspecified atom stereocenters. The van der Waals surface area contributed by atoms with Crippen molar-refractivity contribution in [2.45, 2.75) is 6.18 Å². The lowest BCUT2D eigenvalue weighted by Gasteiger charge is -2.15. The molecule has 2 rings (SSSR count). The first kappa shape index (κ1) is 20.6. The molecule has 0 saturated carbocycles. The zero-order valence-electron chi connectivity index (χ0n) is 15.5. The molecule has 1 aromatic heterocycles. The number of hydrogen-bond donors (Lipinski definition) is 2. The molecule has 2 aromatic rings. The van der Waals surface area contributed by atoms with Gasteiger partial charge < -0.3 is 25.0 Å². The van der Waals surface area contributed by atoms with Gasteiger partial charge in [-0.15, -0.1) is 0 Å². The van der Waals surface area contributed by atoms with Crippen molar-refractivity contribution in [3.8, 4) is 11.5 Å². The highest BCUT2D eigenvalue weighted by Gasteiger charge is 2.33. The third-order valence-electron chi connectivity index (χ3n) is 3.53. The van der Waals surface area contributed by atoms with Crippen molar-refractivity contribution in [1.29, 1.82) is 0 Å². The third kappa shape index (κ3) is 5.88. The van der Waals surface area contributed by atoms with E-state index in [4.69, 9.17) is 9.47 Å². The fourth-order valence-corrected chi connectivity index (χ4v) is 2.17. The number of nitrogens with one attached hydrogen (secondary N) is 2. The van der Waals surface area contributed by atoms with E-state index in [1.807, 2.05) is 19.0 Å². The SMILES string of the molecule is COc1ccc(Nc2cc(C(F)(F)F)nc(NCCN(C)C)n2)c(OC)c1. The zero-order valence-corrected chi connectivity index (χ0v) is 15.5. The van der Waals surface area contributed by atoms with Gasteiger partial charge in [-0.25, -0.2) is 4.98 Å². The van der Waals surface area contributed by atoms with Crippen LogP contribution in [0.4, 0.5) is 30.6 Å². The number of ether oxygens (including phenoxy) is 2. The Balaban J connectivity index is 2.32. The highest BCUT2D eigenvalue weighted by atomic mass is 19.4. The van der Waals surface area contributed by atoms with Crippen molar-refractivity contribution >= 4 is 17.5 Å². The second-order valence-electron chi connectivity index (χ2n) is 5.88. The molecule has 0 saturated heterocycles. The molecule has 0 spiro atoms. The van der Waals surface area contributed by atoms with Crippen LogP contribution in [0.2, 0.25) is 0 Å². The van der Waals surface area contributed by atoms with Crippen molar-refractivity contribution in [3.05, 3.63) is 30.0 Å². The summed E-state index contributed by atoms with van der Waals surface area (Å²) >= 11 is 0. The summed E-state index contributed by atoms with van der Waals surface area (Å²) < 4.78 is 49.9. The van der Waals surface area contributed by atoms with Crippen LogP contribution in [0.5, 0.6) is 11.5 Å². The van der Waals surface area contributed by atoms with E-state index in [9.17, 15) is 13.2 Å². The first-order valence-corrected chi connectivity index (χ1v) is 8.07. The Morgan fingerprint density at radius 1 is 1.07 bits per heavy atom. The molecule has 0 aliphatic heterocycles. The molecule has 7 nitrogen and oxygen atoms in total. The third-order valence-corrected chi connectivity index (χ3v) is 3.53. The van der Waals surface area contributed by atoms with E-state index in [2.05, 4.69) is 20.6 Å². The Morgan fingerprint density at radius 2 is 1.81 bits per heavy atom. The van der Waals surface area contributed by atoms with Crippen molar-refractivity contribution in [2.75, 3.05) is 52.0 Å². The highest BCUT2D eigenvalue weighted by molar-refractivity contribution is 5.66. The van der Waals surface area contributed by atoms with Crippen LogP contribution in [-0.4, -0.2) is 56.3 Å². The summed E-state index contributed by atoms with van der Waals surface area (Å²) in [6, 6.07) is 5.75. The first-order valence-electron chi connectivity index (χ1n) is 8.07. The molecule has 0 bridgehead atoms. The highest BCUT2D eigenvalue weighted by Crippen LogP contribution is 2.33. The Bertz CT molecular complexity index is 769. The average molecular weight is 385 g/mol. The lowest BCUT2D eigenvalue weighted by molar-refractivity contribution is -0.141. The Morgan fingerprint density at radius 3 is 2.41 bits per heavy atom. The van der Waals surface area contributed by atoms with E-state index in [0.717, 1.165) is 6.07 Å². The predicted molar refractivity (Wildman–Crippen MR) is 96.9 cm³/mol. The van der Waals surface area contributed by atoms with Crippen molar-refractivity contribution in [2.24, 2.45) is 0 Å². The summed E-state index contributed by atoms with van der Waals surface area (Å²) in [6.45, 7) is 1.02. The fourth-order valence-electron chi connectivity index (χ4n) is 2.17. The summed E-state index contributed by atoms with van der Waals surface area (Å²) in [4.78, 5) is 9.57. The minimum Gasteiger partial charge on any atom is -0.497 e. The van der Waals surface area contributed by atoms with Crippen LogP contribution in [0.15, 0.2) is 24.3 Å². The van der Waals surface area contributed by atoms with Gasteiger partial charge in [-0.3, -0.25) is 0 Å². The molecule has 0 fully saturated rings. The summed E-state index contributed by atoms with van der Waals surface area (Å²) in [6.07, 6.45) is -4.60. The minimum absolute atomic E-state index is 0.00635. The van der Waals surface area contributed by atoms with Crippen molar-refractivity contribution in [1.82, 2.24) is 14.9 Å². The maximum absolute atomic E-state index is 13.2. The normalized spacial score (nSPS) is 11.4. The number of benzene rings is 1. The molecule has 27 heavy (non-hydrogen) atoms. The molecule has 0 aliphatic rings. The number of halogens is 3. The van der Waals surface area contributed by atoms with Gasteiger partial charge in [-0.1, -0.05) is 0 Å². The average Bonchev–Trinajstić information content (AvgIpc) is 2.61. The second-order valence-corrected chi connectivity index (χ2v) is 5.88. The van der Waals surface area contributed by atoms with Gasteiger partial charge >= 0.3 is 6.18 Å².